The van der Waals surface area contributed by atoms with Gasteiger partial charge < -0.3 is 16.2 Å². The van der Waals surface area contributed by atoms with Crippen LogP contribution in [0.4, 0.5) is 11.4 Å². The van der Waals surface area contributed by atoms with E-state index < -0.39 is 0 Å². The van der Waals surface area contributed by atoms with Crippen molar-refractivity contribution < 1.29 is 5.11 Å². The van der Waals surface area contributed by atoms with Gasteiger partial charge in [0.2, 0.25) is 0 Å². The maximum absolute atomic E-state index is 9.59. The highest BCUT2D eigenvalue weighted by Gasteiger charge is 2.32. The van der Waals surface area contributed by atoms with Crippen LogP contribution in [0.1, 0.15) is 31.2 Å². The summed E-state index contributed by atoms with van der Waals surface area (Å²) in [7, 11) is 0. The molecule has 0 bridgehead atoms. The average Bonchev–Trinajstić information content (AvgIpc) is 2.82. The fourth-order valence-corrected chi connectivity index (χ4v) is 3.13. The SMILES string of the molecule is Cc1cc(NCC2(CO)CCCC2)c(Br)cc1N. The monoisotopic (exact) mass is 312 g/mol. The molecule has 0 amide bonds. The Hall–Kier alpha value is -0.740. The van der Waals surface area contributed by atoms with E-state index >= 15 is 0 Å². The molecule has 1 fully saturated rings. The summed E-state index contributed by atoms with van der Waals surface area (Å²) in [6.07, 6.45) is 4.68. The number of aliphatic hydroxyl groups excluding tert-OH is 1. The van der Waals surface area contributed by atoms with Gasteiger partial charge in [-0.1, -0.05) is 12.8 Å². The first-order valence-electron chi connectivity index (χ1n) is 6.47. The lowest BCUT2D eigenvalue weighted by Crippen LogP contribution is -2.30. The van der Waals surface area contributed by atoms with Gasteiger partial charge in [0.25, 0.3) is 0 Å². The molecule has 0 spiro atoms. The van der Waals surface area contributed by atoms with E-state index in [1.807, 2.05) is 13.0 Å². The van der Waals surface area contributed by atoms with E-state index in [0.29, 0.717) is 0 Å². The number of nitrogens with one attached hydrogen (secondary N) is 1. The molecule has 2 rings (SSSR count). The lowest BCUT2D eigenvalue weighted by molar-refractivity contribution is 0.142. The van der Waals surface area contributed by atoms with Crippen molar-refractivity contribution in [3.05, 3.63) is 22.2 Å². The molecule has 1 aromatic rings. The van der Waals surface area contributed by atoms with E-state index in [4.69, 9.17) is 5.73 Å². The number of nitrogen functional groups attached to an aromatic ring is 1. The van der Waals surface area contributed by atoms with Crippen molar-refractivity contribution in [2.75, 3.05) is 24.2 Å². The van der Waals surface area contributed by atoms with Crippen molar-refractivity contribution in [2.24, 2.45) is 5.41 Å². The van der Waals surface area contributed by atoms with Crippen LogP contribution in [0.25, 0.3) is 0 Å². The standard InChI is InChI=1S/C14H21BrN2O/c1-10-6-13(11(15)7-12(10)16)17-8-14(9-18)4-2-3-5-14/h6-7,17-18H,2-5,8-9,16H2,1H3. The van der Waals surface area contributed by atoms with E-state index in [1.165, 1.54) is 12.8 Å². The van der Waals surface area contributed by atoms with Crippen LogP contribution in [0.2, 0.25) is 0 Å². The second-order valence-corrected chi connectivity index (χ2v) is 6.26. The number of hydrogen-bond donors (Lipinski definition) is 3. The number of halogens is 1. The Kier molecular flexibility index (Phi) is 4.17. The zero-order valence-corrected chi connectivity index (χ0v) is 12.4. The third-order valence-corrected chi connectivity index (χ3v) is 4.67. The highest BCUT2D eigenvalue weighted by atomic mass is 79.9. The molecule has 1 saturated carbocycles. The lowest BCUT2D eigenvalue weighted by atomic mass is 9.87. The Morgan fingerprint density at radius 3 is 2.67 bits per heavy atom. The zero-order valence-electron chi connectivity index (χ0n) is 10.8. The molecular formula is C14H21BrN2O. The molecular weight excluding hydrogens is 292 g/mol. The van der Waals surface area contributed by atoms with E-state index in [1.54, 1.807) is 0 Å². The molecule has 4 N–H and O–H groups in total. The fourth-order valence-electron chi connectivity index (χ4n) is 2.63. The van der Waals surface area contributed by atoms with Crippen LogP contribution in [0.3, 0.4) is 0 Å². The molecule has 0 aliphatic heterocycles. The van der Waals surface area contributed by atoms with E-state index in [9.17, 15) is 5.11 Å². The number of aliphatic hydroxyl groups is 1. The van der Waals surface area contributed by atoms with Gasteiger partial charge in [0.1, 0.15) is 0 Å². The quantitative estimate of drug-likeness (QED) is 0.748. The Morgan fingerprint density at radius 2 is 2.06 bits per heavy atom. The predicted molar refractivity (Wildman–Crippen MR) is 79.8 cm³/mol. The molecule has 18 heavy (non-hydrogen) atoms. The van der Waals surface area contributed by atoms with Crippen molar-refractivity contribution in [1.82, 2.24) is 0 Å². The Balaban J connectivity index is 2.08. The summed E-state index contributed by atoms with van der Waals surface area (Å²) >= 11 is 3.53. The molecule has 0 heterocycles. The second-order valence-electron chi connectivity index (χ2n) is 5.41. The van der Waals surface area contributed by atoms with Gasteiger partial charge in [0, 0.05) is 27.8 Å². The average molecular weight is 313 g/mol. The first-order chi connectivity index (χ1) is 8.56. The summed E-state index contributed by atoms with van der Waals surface area (Å²) in [4.78, 5) is 0. The molecule has 0 radical (unpaired) electrons. The molecule has 1 aliphatic carbocycles. The zero-order chi connectivity index (χ0) is 13.2. The third kappa shape index (κ3) is 2.81. The molecule has 4 heteroatoms. The van der Waals surface area contributed by atoms with E-state index in [-0.39, 0.29) is 12.0 Å². The maximum atomic E-state index is 9.59. The normalized spacial score (nSPS) is 17.9. The van der Waals surface area contributed by atoms with Gasteiger partial charge in [0.05, 0.1) is 6.61 Å². The summed E-state index contributed by atoms with van der Waals surface area (Å²) in [5.74, 6) is 0. The summed E-state index contributed by atoms with van der Waals surface area (Å²) in [6, 6.07) is 3.98. The number of anilines is 2. The number of benzene rings is 1. The summed E-state index contributed by atoms with van der Waals surface area (Å²) in [5, 5.41) is 13.0. The van der Waals surface area contributed by atoms with Crippen LogP contribution in [-0.2, 0) is 0 Å². The van der Waals surface area contributed by atoms with Crippen molar-refractivity contribution in [3.63, 3.8) is 0 Å². The number of nitrogens with two attached hydrogens (primary N) is 1. The smallest absolute Gasteiger partial charge is 0.0504 e. The van der Waals surface area contributed by atoms with Crippen LogP contribution in [0.5, 0.6) is 0 Å². The van der Waals surface area contributed by atoms with Crippen molar-refractivity contribution in [2.45, 2.75) is 32.6 Å². The van der Waals surface area contributed by atoms with Crippen molar-refractivity contribution >= 4 is 27.3 Å². The first-order valence-corrected chi connectivity index (χ1v) is 7.26. The maximum Gasteiger partial charge on any atom is 0.0504 e. The minimum atomic E-state index is 0.0642. The summed E-state index contributed by atoms with van der Waals surface area (Å²) < 4.78 is 0.983. The van der Waals surface area contributed by atoms with Crippen molar-refractivity contribution in [1.29, 1.82) is 0 Å². The topological polar surface area (TPSA) is 58.3 Å². The molecule has 0 saturated heterocycles. The summed E-state index contributed by atoms with van der Waals surface area (Å²) in [5.41, 5.74) is 8.85. The molecule has 1 aromatic carbocycles. The molecule has 0 atom stereocenters. The fraction of sp³-hybridized carbons (Fsp3) is 0.571. The molecule has 0 unspecified atom stereocenters. The van der Waals surface area contributed by atoms with E-state index in [2.05, 4.69) is 27.3 Å². The highest BCUT2D eigenvalue weighted by molar-refractivity contribution is 9.10. The molecule has 1 aliphatic rings. The second kappa shape index (κ2) is 5.49. The predicted octanol–water partition coefficient (Wildman–Crippen LogP) is 3.30. The van der Waals surface area contributed by atoms with Gasteiger partial charge >= 0.3 is 0 Å². The van der Waals surface area contributed by atoms with Gasteiger partial charge in [-0.05, 0) is 53.4 Å². The van der Waals surface area contributed by atoms with Gasteiger partial charge in [-0.3, -0.25) is 0 Å². The molecule has 3 nitrogen and oxygen atoms in total. The molecule has 100 valence electrons. The number of hydrogen-bond acceptors (Lipinski definition) is 3. The number of aryl methyl sites for hydroxylation is 1. The number of rotatable bonds is 4. The minimum absolute atomic E-state index is 0.0642. The van der Waals surface area contributed by atoms with Crippen LogP contribution < -0.4 is 11.1 Å². The van der Waals surface area contributed by atoms with Gasteiger partial charge in [-0.15, -0.1) is 0 Å². The molecule has 0 aromatic heterocycles. The third-order valence-electron chi connectivity index (χ3n) is 4.01. The van der Waals surface area contributed by atoms with Crippen LogP contribution >= 0.6 is 15.9 Å². The van der Waals surface area contributed by atoms with Crippen LogP contribution in [0.15, 0.2) is 16.6 Å². The largest absolute Gasteiger partial charge is 0.398 e. The lowest BCUT2D eigenvalue weighted by Gasteiger charge is -2.27. The van der Waals surface area contributed by atoms with E-state index in [0.717, 1.165) is 40.8 Å². The van der Waals surface area contributed by atoms with Crippen molar-refractivity contribution in [3.8, 4) is 0 Å². The Labute approximate surface area is 117 Å². The highest BCUT2D eigenvalue weighted by Crippen LogP contribution is 2.38. The van der Waals surface area contributed by atoms with Crippen LogP contribution in [0, 0.1) is 12.3 Å². The van der Waals surface area contributed by atoms with Gasteiger partial charge in [-0.25, -0.2) is 0 Å². The van der Waals surface area contributed by atoms with Gasteiger partial charge in [-0.2, -0.15) is 0 Å². The van der Waals surface area contributed by atoms with Crippen LogP contribution in [-0.4, -0.2) is 18.3 Å². The first kappa shape index (κ1) is 13.7. The Morgan fingerprint density at radius 1 is 1.39 bits per heavy atom. The minimum Gasteiger partial charge on any atom is -0.398 e. The van der Waals surface area contributed by atoms with Gasteiger partial charge in [0.15, 0.2) is 0 Å². The summed E-state index contributed by atoms with van der Waals surface area (Å²) in [6.45, 7) is 3.10. The Bertz CT molecular complexity index is 428.